The molecule has 1 heterocycles. The fraction of sp³-hybridized carbons (Fsp3) is 0.500. The number of methoxy groups -OCH3 is 2. The Morgan fingerprint density at radius 3 is 2.54 bits per heavy atom. The highest BCUT2D eigenvalue weighted by Gasteiger charge is 2.34. The molecule has 1 atom stereocenters. The van der Waals surface area contributed by atoms with E-state index >= 15 is 0 Å². The second-order valence-electron chi connectivity index (χ2n) is 2.11. The summed E-state index contributed by atoms with van der Waals surface area (Å²) in [6.07, 6.45) is 0. The quantitative estimate of drug-likeness (QED) is 0.543. The standard InChI is InChI=1S/C6H7N3O4/c1-12-5(10)3-4(6(11)13-2)8-9-7-3/h3H,1-2H3. The van der Waals surface area contributed by atoms with Crippen molar-refractivity contribution in [3.8, 4) is 0 Å². The molecular weight excluding hydrogens is 178 g/mol. The highest BCUT2D eigenvalue weighted by atomic mass is 16.5. The lowest BCUT2D eigenvalue weighted by Crippen LogP contribution is -2.33. The van der Waals surface area contributed by atoms with Crippen molar-refractivity contribution in [1.29, 1.82) is 0 Å². The molecule has 0 saturated carbocycles. The van der Waals surface area contributed by atoms with E-state index in [0.29, 0.717) is 0 Å². The lowest BCUT2D eigenvalue weighted by Gasteiger charge is -2.04. The molecule has 13 heavy (non-hydrogen) atoms. The number of nitrogens with zero attached hydrogens (tertiary/aromatic N) is 3. The van der Waals surface area contributed by atoms with Gasteiger partial charge in [0.25, 0.3) is 0 Å². The zero-order valence-corrected chi connectivity index (χ0v) is 7.05. The number of rotatable bonds is 2. The lowest BCUT2D eigenvalue weighted by molar-refractivity contribution is -0.141. The molecule has 1 aliphatic rings. The number of hydrogen-bond acceptors (Lipinski definition) is 7. The zero-order valence-electron chi connectivity index (χ0n) is 7.05. The predicted molar refractivity (Wildman–Crippen MR) is 40.1 cm³/mol. The Morgan fingerprint density at radius 1 is 1.31 bits per heavy atom. The van der Waals surface area contributed by atoms with Gasteiger partial charge in [-0.1, -0.05) is 0 Å². The minimum Gasteiger partial charge on any atom is -0.467 e. The molecule has 0 aromatic rings. The van der Waals surface area contributed by atoms with Crippen LogP contribution in [0.5, 0.6) is 0 Å². The molecule has 0 radical (unpaired) electrons. The third kappa shape index (κ3) is 1.68. The first kappa shape index (κ1) is 9.30. The van der Waals surface area contributed by atoms with Crippen LogP contribution in [0.4, 0.5) is 0 Å². The molecule has 7 nitrogen and oxygen atoms in total. The lowest BCUT2D eigenvalue weighted by atomic mass is 10.2. The van der Waals surface area contributed by atoms with Crippen LogP contribution in [0.15, 0.2) is 15.4 Å². The topological polar surface area (TPSA) is 89.7 Å². The number of hydrogen-bond donors (Lipinski definition) is 0. The van der Waals surface area contributed by atoms with E-state index in [-0.39, 0.29) is 5.71 Å². The number of ether oxygens (including phenoxy) is 2. The van der Waals surface area contributed by atoms with Crippen LogP contribution >= 0.6 is 0 Å². The van der Waals surface area contributed by atoms with Crippen molar-refractivity contribution in [1.82, 2.24) is 0 Å². The molecule has 0 fully saturated rings. The van der Waals surface area contributed by atoms with Crippen LogP contribution in [0.3, 0.4) is 0 Å². The molecular formula is C6H7N3O4. The van der Waals surface area contributed by atoms with Crippen LogP contribution in [0.1, 0.15) is 0 Å². The second-order valence-corrected chi connectivity index (χ2v) is 2.11. The fourth-order valence-corrected chi connectivity index (χ4v) is 0.762. The highest BCUT2D eigenvalue weighted by molar-refractivity contribution is 6.42. The molecule has 0 amide bonds. The van der Waals surface area contributed by atoms with E-state index in [1.807, 2.05) is 0 Å². The van der Waals surface area contributed by atoms with E-state index < -0.39 is 18.0 Å². The van der Waals surface area contributed by atoms with Crippen molar-refractivity contribution < 1.29 is 19.1 Å². The van der Waals surface area contributed by atoms with Gasteiger partial charge in [0.05, 0.1) is 14.2 Å². The normalized spacial score (nSPS) is 19.5. The molecule has 1 aliphatic heterocycles. The smallest absolute Gasteiger partial charge is 0.357 e. The molecule has 0 aromatic carbocycles. The zero-order chi connectivity index (χ0) is 9.84. The van der Waals surface area contributed by atoms with Gasteiger partial charge in [0, 0.05) is 0 Å². The first-order valence-corrected chi connectivity index (χ1v) is 3.34. The molecule has 0 N–H and O–H groups in total. The first-order valence-electron chi connectivity index (χ1n) is 3.34. The Kier molecular flexibility index (Phi) is 2.68. The largest absolute Gasteiger partial charge is 0.467 e. The van der Waals surface area contributed by atoms with Crippen molar-refractivity contribution in [3.05, 3.63) is 0 Å². The average Bonchev–Trinajstić information content (AvgIpc) is 2.63. The Bertz CT molecular complexity index is 296. The van der Waals surface area contributed by atoms with E-state index in [9.17, 15) is 9.59 Å². The Hall–Kier alpha value is -1.79. The maximum absolute atomic E-state index is 11.0. The summed E-state index contributed by atoms with van der Waals surface area (Å²) in [5.74, 6) is -1.43. The molecule has 7 heteroatoms. The summed E-state index contributed by atoms with van der Waals surface area (Å²) in [7, 11) is 2.36. The summed E-state index contributed by atoms with van der Waals surface area (Å²) in [4.78, 5) is 21.9. The minimum atomic E-state index is -1.09. The van der Waals surface area contributed by atoms with Gasteiger partial charge in [0.2, 0.25) is 6.04 Å². The predicted octanol–water partition coefficient (Wildman–Crippen LogP) is -0.477. The molecule has 0 bridgehead atoms. The van der Waals surface area contributed by atoms with Crippen molar-refractivity contribution in [2.24, 2.45) is 15.4 Å². The summed E-state index contributed by atoms with van der Waals surface area (Å²) < 4.78 is 8.74. The van der Waals surface area contributed by atoms with Gasteiger partial charge in [-0.15, -0.1) is 10.2 Å². The van der Waals surface area contributed by atoms with Crippen LogP contribution in [-0.2, 0) is 19.1 Å². The maximum atomic E-state index is 11.0. The van der Waals surface area contributed by atoms with Gasteiger partial charge in [-0.3, -0.25) is 0 Å². The summed E-state index contributed by atoms with van der Waals surface area (Å²) in [5, 5.41) is 9.95. The molecule has 0 aromatic heterocycles. The van der Waals surface area contributed by atoms with E-state index in [1.165, 1.54) is 14.2 Å². The maximum Gasteiger partial charge on any atom is 0.357 e. The third-order valence-corrected chi connectivity index (χ3v) is 1.40. The van der Waals surface area contributed by atoms with Gasteiger partial charge in [-0.05, 0) is 5.22 Å². The SMILES string of the molecule is COC(=O)C1=NN=NC1C(=O)OC. The van der Waals surface area contributed by atoms with E-state index in [0.717, 1.165) is 0 Å². The highest BCUT2D eigenvalue weighted by Crippen LogP contribution is 2.08. The second kappa shape index (κ2) is 3.74. The first-order chi connectivity index (χ1) is 6.20. The van der Waals surface area contributed by atoms with Crippen LogP contribution in [0.25, 0.3) is 0 Å². The van der Waals surface area contributed by atoms with Crippen LogP contribution in [-0.4, -0.2) is 37.9 Å². The summed E-state index contributed by atoms with van der Waals surface area (Å²) in [6, 6.07) is -1.09. The van der Waals surface area contributed by atoms with Crippen LogP contribution in [0, 0.1) is 0 Å². The summed E-state index contributed by atoms with van der Waals surface area (Å²) in [6.45, 7) is 0. The molecule has 0 aliphatic carbocycles. The van der Waals surface area contributed by atoms with Crippen molar-refractivity contribution in [3.63, 3.8) is 0 Å². The van der Waals surface area contributed by atoms with Gasteiger partial charge in [0.1, 0.15) is 0 Å². The Balaban J connectivity index is 2.78. The van der Waals surface area contributed by atoms with Gasteiger partial charge < -0.3 is 9.47 Å². The van der Waals surface area contributed by atoms with Crippen LogP contribution < -0.4 is 0 Å². The Labute approximate surface area is 73.4 Å². The molecule has 70 valence electrons. The van der Waals surface area contributed by atoms with Gasteiger partial charge >= 0.3 is 11.9 Å². The summed E-state index contributed by atoms with van der Waals surface area (Å²) in [5.41, 5.74) is -0.158. The van der Waals surface area contributed by atoms with Crippen LogP contribution in [0.2, 0.25) is 0 Å². The monoisotopic (exact) mass is 185 g/mol. The third-order valence-electron chi connectivity index (χ3n) is 1.40. The Morgan fingerprint density at radius 2 is 2.00 bits per heavy atom. The van der Waals surface area contributed by atoms with Crippen molar-refractivity contribution in [2.45, 2.75) is 6.04 Å². The summed E-state index contributed by atoms with van der Waals surface area (Å²) >= 11 is 0. The molecule has 1 rings (SSSR count). The molecule has 0 saturated heterocycles. The average molecular weight is 185 g/mol. The van der Waals surface area contributed by atoms with E-state index in [1.54, 1.807) is 0 Å². The number of carbonyl (C=O) groups excluding carboxylic acids is 2. The fourth-order valence-electron chi connectivity index (χ4n) is 0.762. The van der Waals surface area contributed by atoms with Crippen molar-refractivity contribution in [2.75, 3.05) is 14.2 Å². The van der Waals surface area contributed by atoms with Gasteiger partial charge in [0.15, 0.2) is 5.71 Å². The van der Waals surface area contributed by atoms with Crippen molar-refractivity contribution >= 4 is 17.7 Å². The molecule has 1 unspecified atom stereocenters. The number of carbonyl (C=O) groups is 2. The molecule has 0 spiro atoms. The van der Waals surface area contributed by atoms with E-state index in [4.69, 9.17) is 0 Å². The van der Waals surface area contributed by atoms with E-state index in [2.05, 4.69) is 24.9 Å². The van der Waals surface area contributed by atoms with Gasteiger partial charge in [-0.25, -0.2) is 9.59 Å². The number of esters is 2. The van der Waals surface area contributed by atoms with Gasteiger partial charge in [-0.2, -0.15) is 0 Å². The minimum absolute atomic E-state index is 0.158.